The molecule has 0 unspecified atom stereocenters. The van der Waals surface area contributed by atoms with Crippen molar-refractivity contribution in [3.05, 3.63) is 11.4 Å². The third-order valence-corrected chi connectivity index (χ3v) is 3.62. The van der Waals surface area contributed by atoms with Gasteiger partial charge in [-0.25, -0.2) is 15.8 Å². The van der Waals surface area contributed by atoms with E-state index in [1.54, 1.807) is 0 Å². The van der Waals surface area contributed by atoms with Crippen molar-refractivity contribution in [2.24, 2.45) is 11.3 Å². The number of aliphatic hydroxyl groups is 1. The summed E-state index contributed by atoms with van der Waals surface area (Å²) in [6.07, 6.45) is 3.20. The van der Waals surface area contributed by atoms with Crippen LogP contribution in [0.5, 0.6) is 0 Å². The number of aromatic nitrogens is 2. The Kier molecular flexibility index (Phi) is 3.68. The van der Waals surface area contributed by atoms with Crippen molar-refractivity contribution in [1.29, 1.82) is 0 Å². The summed E-state index contributed by atoms with van der Waals surface area (Å²) in [5.74, 6) is 7.58. The van der Waals surface area contributed by atoms with Gasteiger partial charge in [-0.1, -0.05) is 0 Å². The van der Waals surface area contributed by atoms with Gasteiger partial charge >= 0.3 is 0 Å². The highest BCUT2D eigenvalue weighted by Crippen LogP contribution is 2.48. The molecule has 1 aliphatic rings. The molecule has 1 saturated carbocycles. The van der Waals surface area contributed by atoms with E-state index in [-0.39, 0.29) is 12.0 Å². The van der Waals surface area contributed by atoms with Gasteiger partial charge in [0, 0.05) is 18.7 Å². The van der Waals surface area contributed by atoms with Crippen molar-refractivity contribution in [2.75, 3.05) is 23.9 Å². The SMILES string of the molecule is Cc1nc(NN)c(C)c(NCC2(CCO)CC2)n1. The second-order valence-electron chi connectivity index (χ2n) is 5.06. The predicted octanol–water partition coefficient (Wildman–Crippen LogP) is 0.954. The standard InChI is InChI=1S/C12H21N5O/c1-8-10(15-9(2)16-11(8)17-13)14-7-12(3-4-12)5-6-18/h18H,3-7,13H2,1-2H3,(H2,14,15,16,17). The van der Waals surface area contributed by atoms with Crippen LogP contribution >= 0.6 is 0 Å². The number of hydrogen-bond acceptors (Lipinski definition) is 6. The zero-order chi connectivity index (χ0) is 13.2. The molecule has 5 N–H and O–H groups in total. The quantitative estimate of drug-likeness (QED) is 0.444. The fraction of sp³-hybridized carbons (Fsp3) is 0.667. The van der Waals surface area contributed by atoms with Gasteiger partial charge in [0.25, 0.3) is 0 Å². The van der Waals surface area contributed by atoms with Crippen LogP contribution in [0.15, 0.2) is 0 Å². The number of aryl methyl sites for hydroxylation is 1. The van der Waals surface area contributed by atoms with Crippen LogP contribution in [-0.2, 0) is 0 Å². The summed E-state index contributed by atoms with van der Waals surface area (Å²) < 4.78 is 0. The Morgan fingerprint density at radius 1 is 1.28 bits per heavy atom. The molecule has 18 heavy (non-hydrogen) atoms. The Morgan fingerprint density at radius 2 is 1.94 bits per heavy atom. The smallest absolute Gasteiger partial charge is 0.148 e. The Labute approximate surface area is 107 Å². The van der Waals surface area contributed by atoms with Crippen molar-refractivity contribution in [1.82, 2.24) is 9.97 Å². The summed E-state index contributed by atoms with van der Waals surface area (Å²) in [6.45, 7) is 4.86. The number of nitrogens with one attached hydrogen (secondary N) is 2. The lowest BCUT2D eigenvalue weighted by Gasteiger charge is -2.17. The minimum absolute atomic E-state index is 0.249. The van der Waals surface area contributed by atoms with Crippen LogP contribution < -0.4 is 16.6 Å². The maximum absolute atomic E-state index is 9.04. The summed E-state index contributed by atoms with van der Waals surface area (Å²) in [4.78, 5) is 8.61. The number of rotatable bonds is 6. The number of aliphatic hydroxyl groups excluding tert-OH is 1. The molecule has 0 radical (unpaired) electrons. The zero-order valence-electron chi connectivity index (χ0n) is 11.0. The molecule has 6 heteroatoms. The van der Waals surface area contributed by atoms with Gasteiger partial charge in [-0.3, -0.25) is 0 Å². The minimum Gasteiger partial charge on any atom is -0.396 e. The van der Waals surface area contributed by atoms with Gasteiger partial charge < -0.3 is 15.8 Å². The molecule has 0 bridgehead atoms. The van der Waals surface area contributed by atoms with E-state index in [1.165, 1.54) is 12.8 Å². The van der Waals surface area contributed by atoms with Crippen LogP contribution in [0.1, 0.15) is 30.7 Å². The molecule has 100 valence electrons. The number of nitrogen functional groups attached to an aromatic ring is 1. The monoisotopic (exact) mass is 251 g/mol. The summed E-state index contributed by atoms with van der Waals surface area (Å²) in [6, 6.07) is 0. The highest BCUT2D eigenvalue weighted by molar-refractivity contribution is 5.56. The van der Waals surface area contributed by atoms with Crippen LogP contribution in [0, 0.1) is 19.3 Å². The van der Waals surface area contributed by atoms with E-state index in [4.69, 9.17) is 10.9 Å². The maximum atomic E-state index is 9.04. The first kappa shape index (κ1) is 13.0. The van der Waals surface area contributed by atoms with Gasteiger partial charge in [0.2, 0.25) is 0 Å². The molecular formula is C12H21N5O. The number of hydrogen-bond donors (Lipinski definition) is 4. The first-order chi connectivity index (χ1) is 8.60. The molecule has 0 spiro atoms. The highest BCUT2D eigenvalue weighted by atomic mass is 16.3. The van der Waals surface area contributed by atoms with Crippen molar-refractivity contribution in [3.8, 4) is 0 Å². The van der Waals surface area contributed by atoms with Crippen molar-refractivity contribution in [3.63, 3.8) is 0 Å². The second-order valence-corrected chi connectivity index (χ2v) is 5.06. The lowest BCUT2D eigenvalue weighted by atomic mass is 10.0. The Morgan fingerprint density at radius 3 is 2.50 bits per heavy atom. The van der Waals surface area contributed by atoms with E-state index < -0.39 is 0 Å². The van der Waals surface area contributed by atoms with Crippen LogP contribution in [0.4, 0.5) is 11.6 Å². The maximum Gasteiger partial charge on any atom is 0.148 e. The largest absolute Gasteiger partial charge is 0.396 e. The highest BCUT2D eigenvalue weighted by Gasteiger charge is 2.41. The lowest BCUT2D eigenvalue weighted by molar-refractivity contribution is 0.253. The van der Waals surface area contributed by atoms with E-state index in [0.717, 1.165) is 24.3 Å². The Balaban J connectivity index is 2.07. The molecule has 0 saturated heterocycles. The predicted molar refractivity (Wildman–Crippen MR) is 71.2 cm³/mol. The molecule has 0 aromatic carbocycles. The van der Waals surface area contributed by atoms with Gasteiger partial charge in [-0.15, -0.1) is 0 Å². The first-order valence-corrected chi connectivity index (χ1v) is 6.27. The molecule has 1 aromatic rings. The Hall–Kier alpha value is -1.40. The molecule has 0 aliphatic heterocycles. The minimum atomic E-state index is 0.249. The summed E-state index contributed by atoms with van der Waals surface area (Å²) >= 11 is 0. The van der Waals surface area contributed by atoms with Crippen molar-refractivity contribution in [2.45, 2.75) is 33.1 Å². The fourth-order valence-corrected chi connectivity index (χ4v) is 2.14. The summed E-state index contributed by atoms with van der Waals surface area (Å²) in [7, 11) is 0. The number of anilines is 2. The second kappa shape index (κ2) is 5.07. The third-order valence-electron chi connectivity index (χ3n) is 3.62. The van der Waals surface area contributed by atoms with Crippen LogP contribution in [-0.4, -0.2) is 28.2 Å². The van der Waals surface area contributed by atoms with E-state index in [0.29, 0.717) is 11.6 Å². The zero-order valence-corrected chi connectivity index (χ0v) is 11.0. The van der Waals surface area contributed by atoms with Gasteiger partial charge in [-0.05, 0) is 38.5 Å². The molecular weight excluding hydrogens is 230 g/mol. The number of nitrogens with two attached hydrogens (primary N) is 1. The molecule has 1 aromatic heterocycles. The average Bonchev–Trinajstić information content (AvgIpc) is 3.10. The van der Waals surface area contributed by atoms with E-state index >= 15 is 0 Å². The van der Waals surface area contributed by atoms with E-state index in [2.05, 4.69) is 20.7 Å². The summed E-state index contributed by atoms with van der Waals surface area (Å²) in [5.41, 5.74) is 3.76. The van der Waals surface area contributed by atoms with E-state index in [9.17, 15) is 0 Å². The van der Waals surface area contributed by atoms with Gasteiger partial charge in [-0.2, -0.15) is 0 Å². The van der Waals surface area contributed by atoms with Crippen molar-refractivity contribution < 1.29 is 5.11 Å². The van der Waals surface area contributed by atoms with Crippen molar-refractivity contribution >= 4 is 11.6 Å². The third kappa shape index (κ3) is 2.70. The average molecular weight is 251 g/mol. The summed E-state index contributed by atoms with van der Waals surface area (Å²) in [5, 5.41) is 12.4. The topological polar surface area (TPSA) is 96.1 Å². The van der Waals surface area contributed by atoms with E-state index in [1.807, 2.05) is 13.8 Å². The molecule has 1 fully saturated rings. The molecule has 1 aliphatic carbocycles. The molecule has 0 atom stereocenters. The normalized spacial score (nSPS) is 16.4. The fourth-order valence-electron chi connectivity index (χ4n) is 2.14. The number of nitrogens with zero attached hydrogens (tertiary/aromatic N) is 2. The van der Waals surface area contributed by atoms with Gasteiger partial charge in [0.15, 0.2) is 0 Å². The lowest BCUT2D eigenvalue weighted by Crippen LogP contribution is -2.19. The van der Waals surface area contributed by atoms with Crippen LogP contribution in [0.25, 0.3) is 0 Å². The molecule has 2 rings (SSSR count). The van der Waals surface area contributed by atoms with Crippen LogP contribution in [0.2, 0.25) is 0 Å². The van der Waals surface area contributed by atoms with Crippen LogP contribution in [0.3, 0.4) is 0 Å². The van der Waals surface area contributed by atoms with Gasteiger partial charge in [0.1, 0.15) is 17.5 Å². The molecule has 1 heterocycles. The molecule has 6 nitrogen and oxygen atoms in total. The molecule has 0 amide bonds. The number of hydrazine groups is 1. The Bertz CT molecular complexity index is 431. The first-order valence-electron chi connectivity index (χ1n) is 6.27. The van der Waals surface area contributed by atoms with Gasteiger partial charge in [0.05, 0.1) is 0 Å².